The molecule has 0 radical (unpaired) electrons. The van der Waals surface area contributed by atoms with Gasteiger partial charge in [0, 0.05) is 24.8 Å². The molecule has 1 aromatic rings. The molecule has 0 N–H and O–H groups in total. The minimum atomic E-state index is 0.508. The van der Waals surface area contributed by atoms with Crippen LogP contribution in [0.15, 0.2) is 12.3 Å². The first-order chi connectivity index (χ1) is 7.63. The van der Waals surface area contributed by atoms with Crippen LogP contribution in [0.3, 0.4) is 0 Å². The highest BCUT2D eigenvalue weighted by atomic mass is 16.1. The maximum absolute atomic E-state index is 10.6. The molecule has 0 spiro atoms. The van der Waals surface area contributed by atoms with Gasteiger partial charge in [-0.25, -0.2) is 4.98 Å². The average Bonchev–Trinajstić information content (AvgIpc) is 2.30. The van der Waals surface area contributed by atoms with Gasteiger partial charge in [0.05, 0.1) is 0 Å². The lowest BCUT2D eigenvalue weighted by molar-refractivity contribution is 0.112. The van der Waals surface area contributed by atoms with Crippen molar-refractivity contribution in [1.82, 2.24) is 4.98 Å². The molecule has 0 atom stereocenters. The van der Waals surface area contributed by atoms with E-state index in [0.717, 1.165) is 30.5 Å². The number of aromatic nitrogens is 1. The summed E-state index contributed by atoms with van der Waals surface area (Å²) in [5.74, 6) is 0.972. The van der Waals surface area contributed by atoms with Gasteiger partial charge in [0.25, 0.3) is 0 Å². The maximum Gasteiger partial charge on any atom is 0.151 e. The Morgan fingerprint density at radius 2 is 2.06 bits per heavy atom. The molecule has 3 nitrogen and oxygen atoms in total. The summed E-state index contributed by atoms with van der Waals surface area (Å²) in [6, 6.07) is 2.39. The largest absolute Gasteiger partial charge is 0.357 e. The van der Waals surface area contributed by atoms with Crippen LogP contribution in [-0.4, -0.2) is 24.4 Å². The first kappa shape index (κ1) is 12.7. The van der Waals surface area contributed by atoms with E-state index in [9.17, 15) is 4.79 Å². The van der Waals surface area contributed by atoms with Crippen LogP contribution in [0.4, 0.5) is 5.82 Å². The third-order valence-electron chi connectivity index (χ3n) is 3.03. The number of carbonyl (C=O) groups excluding carboxylic acids is 1. The molecule has 0 fully saturated rings. The third kappa shape index (κ3) is 2.60. The van der Waals surface area contributed by atoms with Gasteiger partial charge in [0.15, 0.2) is 6.29 Å². The second kappa shape index (κ2) is 5.64. The number of rotatable bonds is 5. The molecule has 0 amide bonds. The highest BCUT2D eigenvalue weighted by Crippen LogP contribution is 2.20. The summed E-state index contributed by atoms with van der Waals surface area (Å²) in [6.07, 6.45) is 4.67. The Morgan fingerprint density at radius 3 is 2.50 bits per heavy atom. The summed E-state index contributed by atoms with van der Waals surface area (Å²) in [6.45, 7) is 6.35. The normalized spacial score (nSPS) is 10.6. The van der Waals surface area contributed by atoms with Crippen LogP contribution in [0.1, 0.15) is 42.6 Å². The summed E-state index contributed by atoms with van der Waals surface area (Å²) in [7, 11) is 2.06. The van der Waals surface area contributed by atoms with Crippen LogP contribution in [0.2, 0.25) is 0 Å². The van der Waals surface area contributed by atoms with E-state index in [2.05, 4.69) is 30.8 Å². The Labute approximate surface area is 97.5 Å². The molecule has 1 aromatic heterocycles. The second-order valence-electron chi connectivity index (χ2n) is 4.11. The molecule has 0 bridgehead atoms. The molecule has 88 valence electrons. The number of aldehydes is 1. The average molecular weight is 220 g/mol. The maximum atomic E-state index is 10.6. The van der Waals surface area contributed by atoms with Gasteiger partial charge in [-0.2, -0.15) is 0 Å². The topological polar surface area (TPSA) is 33.2 Å². The van der Waals surface area contributed by atoms with Crippen LogP contribution in [0.5, 0.6) is 0 Å². The van der Waals surface area contributed by atoms with Gasteiger partial charge in [0.2, 0.25) is 0 Å². The fourth-order valence-corrected chi connectivity index (χ4v) is 2.03. The SMILES string of the molecule is CCC(CC)N(C)c1ncc(C=O)cc1C. The molecule has 16 heavy (non-hydrogen) atoms. The number of hydrogen-bond acceptors (Lipinski definition) is 3. The van der Waals surface area contributed by atoms with Crippen molar-refractivity contribution in [3.63, 3.8) is 0 Å². The predicted molar refractivity (Wildman–Crippen MR) is 67.1 cm³/mol. The van der Waals surface area contributed by atoms with E-state index in [1.165, 1.54) is 0 Å². The Morgan fingerprint density at radius 1 is 1.44 bits per heavy atom. The second-order valence-corrected chi connectivity index (χ2v) is 4.11. The molecule has 0 aliphatic heterocycles. The van der Waals surface area contributed by atoms with Crippen molar-refractivity contribution in [2.45, 2.75) is 39.7 Å². The summed E-state index contributed by atoms with van der Waals surface area (Å²) in [5, 5.41) is 0. The van der Waals surface area contributed by atoms with E-state index in [4.69, 9.17) is 0 Å². The van der Waals surface area contributed by atoms with E-state index >= 15 is 0 Å². The van der Waals surface area contributed by atoms with Crippen molar-refractivity contribution in [3.8, 4) is 0 Å². The zero-order valence-corrected chi connectivity index (χ0v) is 10.5. The molecule has 1 heterocycles. The van der Waals surface area contributed by atoms with E-state index in [-0.39, 0.29) is 0 Å². The highest BCUT2D eigenvalue weighted by Gasteiger charge is 2.14. The summed E-state index contributed by atoms with van der Waals surface area (Å²) in [5.41, 5.74) is 1.69. The number of anilines is 1. The van der Waals surface area contributed by atoms with Crippen molar-refractivity contribution >= 4 is 12.1 Å². The van der Waals surface area contributed by atoms with E-state index in [0.29, 0.717) is 11.6 Å². The standard InChI is InChI=1S/C13H20N2O/c1-5-12(6-2)15(4)13-10(3)7-11(9-16)8-14-13/h7-9,12H,5-6H2,1-4H3. The van der Waals surface area contributed by atoms with Gasteiger partial charge in [-0.1, -0.05) is 13.8 Å². The zero-order valence-electron chi connectivity index (χ0n) is 10.5. The fraction of sp³-hybridized carbons (Fsp3) is 0.538. The molecule has 0 aromatic carbocycles. The van der Waals surface area contributed by atoms with Crippen molar-refractivity contribution in [1.29, 1.82) is 0 Å². The number of aryl methyl sites for hydroxylation is 1. The molecule has 0 saturated heterocycles. The van der Waals surface area contributed by atoms with Gasteiger partial charge in [-0.05, 0) is 31.4 Å². The molecule has 1 rings (SSSR count). The van der Waals surface area contributed by atoms with Crippen LogP contribution in [0, 0.1) is 6.92 Å². The van der Waals surface area contributed by atoms with Gasteiger partial charge in [-0.3, -0.25) is 4.79 Å². The molecule has 0 aliphatic rings. The third-order valence-corrected chi connectivity index (χ3v) is 3.03. The predicted octanol–water partition coefficient (Wildman–Crippen LogP) is 2.83. The molecular formula is C13H20N2O. The van der Waals surface area contributed by atoms with Crippen molar-refractivity contribution < 1.29 is 4.79 Å². The van der Waals surface area contributed by atoms with Crippen molar-refractivity contribution in [3.05, 3.63) is 23.4 Å². The van der Waals surface area contributed by atoms with Crippen LogP contribution < -0.4 is 4.90 Å². The number of carbonyl (C=O) groups is 1. The highest BCUT2D eigenvalue weighted by molar-refractivity contribution is 5.75. The molecular weight excluding hydrogens is 200 g/mol. The summed E-state index contributed by atoms with van der Waals surface area (Å²) in [4.78, 5) is 17.2. The zero-order chi connectivity index (χ0) is 12.1. The van der Waals surface area contributed by atoms with E-state index in [1.807, 2.05) is 13.0 Å². The van der Waals surface area contributed by atoms with Crippen LogP contribution in [0.25, 0.3) is 0 Å². The minimum absolute atomic E-state index is 0.508. The van der Waals surface area contributed by atoms with E-state index in [1.54, 1.807) is 6.20 Å². The smallest absolute Gasteiger partial charge is 0.151 e. The van der Waals surface area contributed by atoms with Gasteiger partial charge < -0.3 is 4.90 Å². The quantitative estimate of drug-likeness (QED) is 0.715. The number of pyridine rings is 1. The van der Waals surface area contributed by atoms with Gasteiger partial charge >= 0.3 is 0 Å². The lowest BCUT2D eigenvalue weighted by Gasteiger charge is -2.28. The van der Waals surface area contributed by atoms with Crippen LogP contribution >= 0.6 is 0 Å². The van der Waals surface area contributed by atoms with Crippen molar-refractivity contribution in [2.24, 2.45) is 0 Å². The lowest BCUT2D eigenvalue weighted by atomic mass is 10.1. The monoisotopic (exact) mass is 220 g/mol. The molecule has 3 heteroatoms. The number of nitrogens with zero attached hydrogens (tertiary/aromatic N) is 2. The van der Waals surface area contributed by atoms with E-state index < -0.39 is 0 Å². The summed E-state index contributed by atoms with van der Waals surface area (Å²) >= 11 is 0. The lowest BCUT2D eigenvalue weighted by Crippen LogP contribution is -2.31. The van der Waals surface area contributed by atoms with Crippen LogP contribution in [-0.2, 0) is 0 Å². The Bertz CT molecular complexity index is 359. The Kier molecular flexibility index (Phi) is 4.47. The Hall–Kier alpha value is -1.38. The molecule has 0 unspecified atom stereocenters. The van der Waals surface area contributed by atoms with Gasteiger partial charge in [-0.15, -0.1) is 0 Å². The Balaban J connectivity index is 2.99. The molecule has 0 aliphatic carbocycles. The van der Waals surface area contributed by atoms with Gasteiger partial charge in [0.1, 0.15) is 5.82 Å². The fourth-order valence-electron chi connectivity index (χ4n) is 2.03. The first-order valence-corrected chi connectivity index (χ1v) is 5.78. The number of hydrogen-bond donors (Lipinski definition) is 0. The first-order valence-electron chi connectivity index (χ1n) is 5.78. The summed E-state index contributed by atoms with van der Waals surface area (Å²) < 4.78 is 0. The minimum Gasteiger partial charge on any atom is -0.357 e. The molecule has 0 saturated carbocycles. The van der Waals surface area contributed by atoms with Crippen molar-refractivity contribution in [2.75, 3.05) is 11.9 Å².